The van der Waals surface area contributed by atoms with Crippen molar-refractivity contribution in [2.24, 2.45) is 0 Å². The van der Waals surface area contributed by atoms with Crippen LogP contribution in [0, 0.1) is 0 Å². The first-order chi connectivity index (χ1) is 8.24. The Morgan fingerprint density at radius 2 is 2.00 bits per heavy atom. The average molecular weight is 240 g/mol. The highest BCUT2D eigenvalue weighted by Gasteiger charge is 2.31. The summed E-state index contributed by atoms with van der Waals surface area (Å²) in [5.74, 6) is 0. The molecule has 0 radical (unpaired) electrons. The maximum absolute atomic E-state index is 3.78. The molecule has 3 atom stereocenters. The third-order valence-electron chi connectivity index (χ3n) is 4.17. The first-order valence-electron chi connectivity index (χ1n) is 7.73. The van der Waals surface area contributed by atoms with E-state index < -0.39 is 0 Å². The highest BCUT2D eigenvalue weighted by molar-refractivity contribution is 4.89. The molecular formula is C15H32N2. The molecule has 0 aromatic rings. The van der Waals surface area contributed by atoms with Crippen molar-refractivity contribution in [3.63, 3.8) is 0 Å². The van der Waals surface area contributed by atoms with E-state index in [9.17, 15) is 0 Å². The molecule has 0 spiro atoms. The van der Waals surface area contributed by atoms with Crippen LogP contribution in [0.5, 0.6) is 0 Å². The molecule has 0 aromatic heterocycles. The fourth-order valence-corrected chi connectivity index (χ4v) is 3.27. The minimum Gasteiger partial charge on any atom is -0.312 e. The molecule has 102 valence electrons. The summed E-state index contributed by atoms with van der Waals surface area (Å²) in [4.78, 5) is 2.75. The van der Waals surface area contributed by atoms with E-state index in [1.165, 1.54) is 51.6 Å². The van der Waals surface area contributed by atoms with Gasteiger partial charge in [-0.1, -0.05) is 27.2 Å². The van der Waals surface area contributed by atoms with Gasteiger partial charge in [-0.3, -0.25) is 4.90 Å². The lowest BCUT2D eigenvalue weighted by Gasteiger charge is -2.37. The molecule has 2 heteroatoms. The van der Waals surface area contributed by atoms with E-state index >= 15 is 0 Å². The van der Waals surface area contributed by atoms with Gasteiger partial charge in [0.2, 0.25) is 0 Å². The molecule has 1 N–H and O–H groups in total. The van der Waals surface area contributed by atoms with Gasteiger partial charge in [-0.05, 0) is 52.1 Å². The first kappa shape index (κ1) is 15.0. The summed E-state index contributed by atoms with van der Waals surface area (Å²) in [5.41, 5.74) is 0. The number of nitrogens with one attached hydrogen (secondary N) is 1. The first-order valence-corrected chi connectivity index (χ1v) is 7.73. The molecule has 3 unspecified atom stereocenters. The molecule has 1 saturated heterocycles. The molecule has 17 heavy (non-hydrogen) atoms. The molecule has 0 bridgehead atoms. The zero-order valence-corrected chi connectivity index (χ0v) is 12.3. The number of hydrogen-bond acceptors (Lipinski definition) is 2. The predicted molar refractivity (Wildman–Crippen MR) is 76.5 cm³/mol. The average Bonchev–Trinajstić information content (AvgIpc) is 2.74. The minimum absolute atomic E-state index is 0.700. The molecule has 0 aromatic carbocycles. The molecular weight excluding hydrogens is 208 g/mol. The monoisotopic (exact) mass is 240 g/mol. The van der Waals surface area contributed by atoms with Crippen LogP contribution >= 0.6 is 0 Å². The van der Waals surface area contributed by atoms with Gasteiger partial charge in [0.25, 0.3) is 0 Å². The Morgan fingerprint density at radius 3 is 2.47 bits per heavy atom. The summed E-state index contributed by atoms with van der Waals surface area (Å²) in [6.07, 6.45) is 7.92. The fourth-order valence-electron chi connectivity index (χ4n) is 3.27. The largest absolute Gasteiger partial charge is 0.312 e. The van der Waals surface area contributed by atoms with Crippen LogP contribution in [0.15, 0.2) is 0 Å². The van der Waals surface area contributed by atoms with E-state index in [-0.39, 0.29) is 0 Å². The predicted octanol–water partition coefficient (Wildman–Crippen LogP) is 3.42. The second kappa shape index (κ2) is 8.10. The summed E-state index contributed by atoms with van der Waals surface area (Å²) in [6.45, 7) is 11.8. The normalized spacial score (nSPS) is 25.1. The molecule has 2 nitrogen and oxygen atoms in total. The van der Waals surface area contributed by atoms with Gasteiger partial charge in [-0.15, -0.1) is 0 Å². The molecule has 1 heterocycles. The van der Waals surface area contributed by atoms with Crippen molar-refractivity contribution in [1.29, 1.82) is 0 Å². The zero-order chi connectivity index (χ0) is 12.7. The van der Waals surface area contributed by atoms with Gasteiger partial charge >= 0.3 is 0 Å². The van der Waals surface area contributed by atoms with E-state index in [1.54, 1.807) is 0 Å². The van der Waals surface area contributed by atoms with Gasteiger partial charge in [-0.2, -0.15) is 0 Å². The van der Waals surface area contributed by atoms with Crippen molar-refractivity contribution < 1.29 is 0 Å². The maximum Gasteiger partial charge on any atom is 0.0249 e. The number of rotatable bonds is 8. The Balaban J connectivity index is 2.59. The summed E-state index contributed by atoms with van der Waals surface area (Å²) < 4.78 is 0. The Kier molecular flexibility index (Phi) is 7.14. The second-order valence-corrected chi connectivity index (χ2v) is 5.55. The smallest absolute Gasteiger partial charge is 0.0249 e. The van der Waals surface area contributed by atoms with E-state index in [2.05, 4.69) is 37.9 Å². The van der Waals surface area contributed by atoms with Gasteiger partial charge in [0.15, 0.2) is 0 Å². The molecule has 1 fully saturated rings. The van der Waals surface area contributed by atoms with Crippen LogP contribution in [0.3, 0.4) is 0 Å². The number of nitrogens with zero attached hydrogens (tertiary/aromatic N) is 1. The Morgan fingerprint density at radius 1 is 1.24 bits per heavy atom. The summed E-state index contributed by atoms with van der Waals surface area (Å²) >= 11 is 0. The van der Waals surface area contributed by atoms with E-state index in [0.717, 1.165) is 12.1 Å². The third kappa shape index (κ3) is 4.26. The highest BCUT2D eigenvalue weighted by atomic mass is 15.2. The second-order valence-electron chi connectivity index (χ2n) is 5.55. The summed E-state index contributed by atoms with van der Waals surface area (Å²) in [5, 5.41) is 3.78. The van der Waals surface area contributed by atoms with Crippen LogP contribution in [0.4, 0.5) is 0 Å². The molecule has 1 aliphatic rings. The Hall–Kier alpha value is -0.0800. The standard InChI is InChI=1S/C15H32N2/c1-5-9-14(16-11-6-2)15(7-3)17-12-8-10-13(17)4/h13-16H,5-12H2,1-4H3. The molecule has 0 saturated carbocycles. The molecule has 0 aliphatic carbocycles. The molecule has 1 rings (SSSR count). The van der Waals surface area contributed by atoms with Crippen molar-refractivity contribution in [3.05, 3.63) is 0 Å². The summed E-state index contributed by atoms with van der Waals surface area (Å²) in [7, 11) is 0. The lowest BCUT2D eigenvalue weighted by Crippen LogP contribution is -2.51. The van der Waals surface area contributed by atoms with E-state index in [1.807, 2.05) is 0 Å². The lowest BCUT2D eigenvalue weighted by molar-refractivity contribution is 0.140. The number of hydrogen-bond donors (Lipinski definition) is 1. The van der Waals surface area contributed by atoms with Crippen LogP contribution < -0.4 is 5.32 Å². The van der Waals surface area contributed by atoms with E-state index in [0.29, 0.717) is 6.04 Å². The fraction of sp³-hybridized carbons (Fsp3) is 1.00. The SMILES string of the molecule is CCCNC(CCC)C(CC)N1CCCC1C. The maximum atomic E-state index is 3.78. The summed E-state index contributed by atoms with van der Waals surface area (Å²) in [6, 6.07) is 2.24. The van der Waals surface area contributed by atoms with Crippen molar-refractivity contribution >= 4 is 0 Å². The highest BCUT2D eigenvalue weighted by Crippen LogP contribution is 2.24. The third-order valence-corrected chi connectivity index (χ3v) is 4.17. The van der Waals surface area contributed by atoms with Crippen LogP contribution in [-0.4, -0.2) is 36.1 Å². The van der Waals surface area contributed by atoms with Crippen molar-refractivity contribution in [2.75, 3.05) is 13.1 Å². The van der Waals surface area contributed by atoms with Gasteiger partial charge in [0, 0.05) is 18.1 Å². The van der Waals surface area contributed by atoms with Crippen LogP contribution in [0.1, 0.15) is 66.2 Å². The van der Waals surface area contributed by atoms with Gasteiger partial charge < -0.3 is 5.32 Å². The topological polar surface area (TPSA) is 15.3 Å². The van der Waals surface area contributed by atoms with Crippen molar-refractivity contribution in [3.8, 4) is 0 Å². The van der Waals surface area contributed by atoms with Gasteiger partial charge in [0.1, 0.15) is 0 Å². The Bertz CT molecular complexity index is 193. The Labute approximate surface area is 108 Å². The van der Waals surface area contributed by atoms with E-state index in [4.69, 9.17) is 0 Å². The van der Waals surface area contributed by atoms with Crippen LogP contribution in [-0.2, 0) is 0 Å². The minimum atomic E-state index is 0.700. The molecule has 0 amide bonds. The van der Waals surface area contributed by atoms with Crippen LogP contribution in [0.2, 0.25) is 0 Å². The van der Waals surface area contributed by atoms with Crippen molar-refractivity contribution in [1.82, 2.24) is 10.2 Å². The van der Waals surface area contributed by atoms with Crippen molar-refractivity contribution in [2.45, 2.75) is 84.3 Å². The molecule has 1 aliphatic heterocycles. The number of likely N-dealkylation sites (tertiary alicyclic amines) is 1. The lowest BCUT2D eigenvalue weighted by atomic mass is 9.98. The van der Waals surface area contributed by atoms with Gasteiger partial charge in [0.05, 0.1) is 0 Å². The quantitative estimate of drug-likeness (QED) is 0.699. The zero-order valence-electron chi connectivity index (χ0n) is 12.3. The van der Waals surface area contributed by atoms with Gasteiger partial charge in [-0.25, -0.2) is 0 Å². The van der Waals surface area contributed by atoms with Crippen LogP contribution in [0.25, 0.3) is 0 Å².